The second kappa shape index (κ2) is 10.1. The average molecular weight is 379 g/mol. The van der Waals surface area contributed by atoms with Gasteiger partial charge in [-0.3, -0.25) is 9.69 Å². The van der Waals surface area contributed by atoms with E-state index in [9.17, 15) is 9.18 Å². The van der Waals surface area contributed by atoms with Gasteiger partial charge in [0.1, 0.15) is 11.6 Å². The Hall–Kier alpha value is -2.11. The van der Waals surface area contributed by atoms with Crippen LogP contribution in [0.3, 0.4) is 0 Å². The molecule has 6 heteroatoms. The molecule has 0 heterocycles. The van der Waals surface area contributed by atoms with E-state index in [1.165, 1.54) is 12.1 Å². The third-order valence-electron chi connectivity index (χ3n) is 3.91. The minimum absolute atomic E-state index is 0.0209. The van der Waals surface area contributed by atoms with E-state index in [4.69, 9.17) is 16.3 Å². The molecular formula is C20H24ClFN2O2. The summed E-state index contributed by atoms with van der Waals surface area (Å²) >= 11 is 5.91. The van der Waals surface area contributed by atoms with Crippen molar-refractivity contribution < 1.29 is 13.9 Å². The Morgan fingerprint density at radius 1 is 1.15 bits per heavy atom. The molecule has 0 bridgehead atoms. The molecule has 0 aliphatic rings. The van der Waals surface area contributed by atoms with Crippen molar-refractivity contribution in [1.82, 2.24) is 9.80 Å². The Labute approximate surface area is 159 Å². The Bertz CT molecular complexity index is 709. The lowest BCUT2D eigenvalue weighted by molar-refractivity contribution is -0.131. The minimum Gasteiger partial charge on any atom is -0.493 e. The van der Waals surface area contributed by atoms with Gasteiger partial charge < -0.3 is 9.64 Å². The van der Waals surface area contributed by atoms with Crippen molar-refractivity contribution in [2.75, 3.05) is 33.8 Å². The first-order valence-electron chi connectivity index (χ1n) is 8.49. The number of halogens is 2. The standard InChI is InChI=1S/C20H24ClFN2O2/c1-23(11-4-12-26-19-6-3-5-17(21)13-19)15-20(25)24(2)14-16-7-9-18(22)10-8-16/h3,5-10,13H,4,11-12,14-15H2,1-2H3. The van der Waals surface area contributed by atoms with Crippen molar-refractivity contribution >= 4 is 17.5 Å². The Balaban J connectivity index is 1.66. The minimum atomic E-state index is -0.276. The number of ether oxygens (including phenoxy) is 1. The maximum absolute atomic E-state index is 12.9. The van der Waals surface area contributed by atoms with Crippen molar-refractivity contribution in [3.8, 4) is 5.75 Å². The lowest BCUT2D eigenvalue weighted by Gasteiger charge is -2.22. The van der Waals surface area contributed by atoms with Crippen LogP contribution in [-0.2, 0) is 11.3 Å². The third kappa shape index (κ3) is 7.02. The quantitative estimate of drug-likeness (QED) is 0.621. The first-order valence-corrected chi connectivity index (χ1v) is 8.87. The lowest BCUT2D eigenvalue weighted by Crippen LogP contribution is -2.36. The van der Waals surface area contributed by atoms with E-state index in [0.29, 0.717) is 24.7 Å². The zero-order chi connectivity index (χ0) is 18.9. The molecule has 0 aromatic heterocycles. The average Bonchev–Trinajstić information content (AvgIpc) is 2.60. The smallest absolute Gasteiger partial charge is 0.236 e. The van der Waals surface area contributed by atoms with Gasteiger partial charge in [-0.1, -0.05) is 29.8 Å². The number of nitrogens with zero attached hydrogens (tertiary/aromatic N) is 2. The predicted molar refractivity (Wildman–Crippen MR) is 102 cm³/mol. The SMILES string of the molecule is CN(CCCOc1cccc(Cl)c1)CC(=O)N(C)Cc1ccc(F)cc1. The van der Waals surface area contributed by atoms with E-state index in [1.807, 2.05) is 24.1 Å². The van der Waals surface area contributed by atoms with E-state index in [1.54, 1.807) is 36.2 Å². The zero-order valence-electron chi connectivity index (χ0n) is 15.1. The summed E-state index contributed by atoms with van der Waals surface area (Å²) in [5.74, 6) is 0.491. The molecule has 0 N–H and O–H groups in total. The monoisotopic (exact) mass is 378 g/mol. The molecular weight excluding hydrogens is 355 g/mol. The number of benzene rings is 2. The molecule has 0 unspecified atom stereocenters. The summed E-state index contributed by atoms with van der Waals surface area (Å²) in [5.41, 5.74) is 0.903. The molecule has 2 aromatic carbocycles. The molecule has 0 radical (unpaired) electrons. The van der Waals surface area contributed by atoms with Crippen LogP contribution in [0.25, 0.3) is 0 Å². The number of amides is 1. The molecule has 140 valence electrons. The van der Waals surface area contributed by atoms with Gasteiger partial charge in [0.15, 0.2) is 0 Å². The number of carbonyl (C=O) groups excluding carboxylic acids is 1. The van der Waals surface area contributed by atoms with Gasteiger partial charge >= 0.3 is 0 Å². The molecule has 0 aliphatic heterocycles. The highest BCUT2D eigenvalue weighted by molar-refractivity contribution is 6.30. The Morgan fingerprint density at radius 2 is 1.88 bits per heavy atom. The topological polar surface area (TPSA) is 32.8 Å². The Morgan fingerprint density at radius 3 is 2.58 bits per heavy atom. The first-order chi connectivity index (χ1) is 12.4. The summed E-state index contributed by atoms with van der Waals surface area (Å²) in [6.07, 6.45) is 0.804. The molecule has 0 aliphatic carbocycles. The summed E-state index contributed by atoms with van der Waals surface area (Å²) < 4.78 is 18.6. The highest BCUT2D eigenvalue weighted by Gasteiger charge is 2.12. The highest BCUT2D eigenvalue weighted by Crippen LogP contribution is 2.17. The maximum atomic E-state index is 12.9. The number of likely N-dealkylation sites (N-methyl/N-ethyl adjacent to an activating group) is 2. The van der Waals surface area contributed by atoms with Crippen LogP contribution in [0.15, 0.2) is 48.5 Å². The summed E-state index contributed by atoms with van der Waals surface area (Å²) in [4.78, 5) is 15.9. The van der Waals surface area contributed by atoms with Crippen LogP contribution < -0.4 is 4.74 Å². The first kappa shape index (κ1) is 20.2. The van der Waals surface area contributed by atoms with Gasteiger partial charge in [-0.05, 0) is 49.4 Å². The van der Waals surface area contributed by atoms with Gasteiger partial charge in [0.25, 0.3) is 0 Å². The largest absolute Gasteiger partial charge is 0.493 e. The molecule has 1 amide bonds. The van der Waals surface area contributed by atoms with Crippen LogP contribution in [0.1, 0.15) is 12.0 Å². The van der Waals surface area contributed by atoms with Crippen molar-refractivity contribution in [3.63, 3.8) is 0 Å². The van der Waals surface area contributed by atoms with E-state index in [0.717, 1.165) is 24.3 Å². The molecule has 0 saturated carbocycles. The van der Waals surface area contributed by atoms with Crippen molar-refractivity contribution in [2.45, 2.75) is 13.0 Å². The van der Waals surface area contributed by atoms with Crippen molar-refractivity contribution in [2.24, 2.45) is 0 Å². The molecule has 2 aromatic rings. The molecule has 4 nitrogen and oxygen atoms in total. The number of rotatable bonds is 9. The lowest BCUT2D eigenvalue weighted by atomic mass is 10.2. The number of carbonyl (C=O) groups is 1. The third-order valence-corrected chi connectivity index (χ3v) is 4.15. The van der Waals surface area contributed by atoms with Gasteiger partial charge in [-0.25, -0.2) is 4.39 Å². The fourth-order valence-corrected chi connectivity index (χ4v) is 2.64. The van der Waals surface area contributed by atoms with E-state index in [2.05, 4.69) is 0 Å². The van der Waals surface area contributed by atoms with Crippen LogP contribution >= 0.6 is 11.6 Å². The van der Waals surface area contributed by atoms with Crippen LogP contribution in [0.4, 0.5) is 4.39 Å². The molecule has 0 atom stereocenters. The predicted octanol–water partition coefficient (Wildman–Crippen LogP) is 3.84. The summed E-state index contributed by atoms with van der Waals surface area (Å²) in [6, 6.07) is 13.5. The van der Waals surface area contributed by atoms with E-state index < -0.39 is 0 Å². The number of hydrogen-bond donors (Lipinski definition) is 0. The molecule has 0 spiro atoms. The van der Waals surface area contributed by atoms with Crippen molar-refractivity contribution in [3.05, 3.63) is 64.9 Å². The summed E-state index contributed by atoms with van der Waals surface area (Å²) in [6.45, 7) is 2.10. The molecule has 0 fully saturated rings. The summed E-state index contributed by atoms with van der Waals surface area (Å²) in [7, 11) is 3.66. The van der Waals surface area contributed by atoms with Crippen molar-refractivity contribution in [1.29, 1.82) is 0 Å². The molecule has 26 heavy (non-hydrogen) atoms. The van der Waals surface area contributed by atoms with E-state index >= 15 is 0 Å². The Kier molecular flexibility index (Phi) is 7.88. The van der Waals surface area contributed by atoms with Gasteiger partial charge in [-0.2, -0.15) is 0 Å². The second-order valence-corrected chi connectivity index (χ2v) is 6.71. The van der Waals surface area contributed by atoms with Crippen LogP contribution in [0, 0.1) is 5.82 Å². The van der Waals surface area contributed by atoms with Crippen LogP contribution in [0.5, 0.6) is 5.75 Å². The van der Waals surface area contributed by atoms with Gasteiger partial charge in [0, 0.05) is 25.2 Å². The van der Waals surface area contributed by atoms with Crippen LogP contribution in [0.2, 0.25) is 5.02 Å². The van der Waals surface area contributed by atoms with Crippen LogP contribution in [-0.4, -0.2) is 49.5 Å². The van der Waals surface area contributed by atoms with Gasteiger partial charge in [0.05, 0.1) is 13.2 Å². The molecule has 0 saturated heterocycles. The second-order valence-electron chi connectivity index (χ2n) is 6.27. The zero-order valence-corrected chi connectivity index (χ0v) is 15.9. The fourth-order valence-electron chi connectivity index (χ4n) is 2.46. The number of hydrogen-bond acceptors (Lipinski definition) is 3. The van der Waals surface area contributed by atoms with Gasteiger partial charge in [-0.15, -0.1) is 0 Å². The van der Waals surface area contributed by atoms with Gasteiger partial charge in [0.2, 0.25) is 5.91 Å². The van der Waals surface area contributed by atoms with E-state index in [-0.39, 0.29) is 11.7 Å². The highest BCUT2D eigenvalue weighted by atomic mass is 35.5. The normalized spacial score (nSPS) is 10.8. The maximum Gasteiger partial charge on any atom is 0.236 e. The molecule has 2 rings (SSSR count). The summed E-state index contributed by atoms with van der Waals surface area (Å²) in [5, 5.41) is 0.648. The fraction of sp³-hybridized carbons (Fsp3) is 0.350.